The first-order chi connectivity index (χ1) is 22.2. The number of benzene rings is 1. The summed E-state index contributed by atoms with van der Waals surface area (Å²) in [6.07, 6.45) is 10.1. The maximum Gasteiger partial charge on any atom is 0.373 e. The van der Waals surface area contributed by atoms with Crippen LogP contribution in [0.3, 0.4) is 0 Å². The van der Waals surface area contributed by atoms with E-state index in [0.717, 1.165) is 6.42 Å². The molecule has 0 saturated carbocycles. The number of aliphatic hydroxyl groups excluding tert-OH is 1. The van der Waals surface area contributed by atoms with E-state index in [1.54, 1.807) is 0 Å². The van der Waals surface area contributed by atoms with Gasteiger partial charge in [-0.2, -0.15) is 0 Å². The molecule has 1 aromatic carbocycles. The molecular weight excluding hydrogens is 584 g/mol. The van der Waals surface area contributed by atoms with E-state index in [1.807, 2.05) is 24.3 Å². The largest absolute Gasteiger partial charge is 0.457 e. The van der Waals surface area contributed by atoms with Crippen LogP contribution in [-0.2, 0) is 49.1 Å². The van der Waals surface area contributed by atoms with Gasteiger partial charge in [0.05, 0.1) is 99.1 Å². The Morgan fingerprint density at radius 3 is 1.42 bits per heavy atom. The average molecular weight is 643 g/mol. The number of hydrogen-bond acceptors (Lipinski definition) is 11. The summed E-state index contributed by atoms with van der Waals surface area (Å²) in [5.74, 6) is -0.110. The molecule has 0 saturated heterocycles. The number of carbonyl (C=O) groups excluding carboxylic acids is 1. The topological polar surface area (TPSA) is 120 Å². The van der Waals surface area contributed by atoms with Gasteiger partial charge in [-0.05, 0) is 37.1 Å². The summed E-state index contributed by atoms with van der Waals surface area (Å²) in [5, 5.41) is 8.58. The molecule has 0 spiro atoms. The first-order valence-electron chi connectivity index (χ1n) is 16.4. The smallest absolute Gasteiger partial charge is 0.373 e. The molecule has 0 aliphatic carbocycles. The minimum atomic E-state index is -0.613. The highest BCUT2D eigenvalue weighted by molar-refractivity contribution is 5.86. The molecule has 11 heteroatoms. The molecular formula is C34H58O11. The van der Waals surface area contributed by atoms with Gasteiger partial charge in [-0.25, -0.2) is 4.79 Å². The van der Waals surface area contributed by atoms with Gasteiger partial charge in [0, 0.05) is 0 Å². The molecule has 1 N–H and O–H groups in total. The number of aliphatic hydroxyl groups is 1. The van der Waals surface area contributed by atoms with Gasteiger partial charge in [0.1, 0.15) is 12.4 Å². The minimum absolute atomic E-state index is 0.0191. The Labute approximate surface area is 270 Å². The molecule has 0 aliphatic heterocycles. The van der Waals surface area contributed by atoms with Crippen molar-refractivity contribution < 1.29 is 52.5 Å². The van der Waals surface area contributed by atoms with Gasteiger partial charge in [-0.1, -0.05) is 57.6 Å². The highest BCUT2D eigenvalue weighted by atomic mass is 16.6. The monoisotopic (exact) mass is 642 g/mol. The molecule has 11 nitrogen and oxygen atoms in total. The van der Waals surface area contributed by atoms with E-state index < -0.39 is 5.97 Å². The number of unbranched alkanes of at least 4 members (excludes halogenated alkanes) is 6. The number of ether oxygens (including phenoxy) is 9. The Hall–Kier alpha value is -2.09. The van der Waals surface area contributed by atoms with Crippen LogP contribution in [0.4, 0.5) is 0 Å². The van der Waals surface area contributed by atoms with E-state index in [2.05, 4.69) is 13.5 Å². The number of aryl methyl sites for hydroxylation is 1. The van der Waals surface area contributed by atoms with Gasteiger partial charge < -0.3 is 47.7 Å². The van der Waals surface area contributed by atoms with Gasteiger partial charge in [0.15, 0.2) is 0 Å². The lowest BCUT2D eigenvalue weighted by molar-refractivity contribution is -0.143. The van der Waals surface area contributed by atoms with E-state index >= 15 is 0 Å². The summed E-state index contributed by atoms with van der Waals surface area (Å²) in [6, 6.07) is 7.77. The van der Waals surface area contributed by atoms with Crippen LogP contribution in [0, 0.1) is 0 Å². The lowest BCUT2D eigenvalue weighted by Gasteiger charge is -2.10. The summed E-state index contributed by atoms with van der Waals surface area (Å²) in [6.45, 7) is 12.2. The Morgan fingerprint density at radius 2 is 0.978 bits per heavy atom. The fourth-order valence-electron chi connectivity index (χ4n) is 3.95. The Balaban J connectivity index is 1.85. The average Bonchev–Trinajstić information content (AvgIpc) is 3.05. The van der Waals surface area contributed by atoms with Gasteiger partial charge >= 0.3 is 5.97 Å². The van der Waals surface area contributed by atoms with Crippen molar-refractivity contribution >= 4 is 5.97 Å². The van der Waals surface area contributed by atoms with Crippen LogP contribution in [0.5, 0.6) is 5.75 Å². The van der Waals surface area contributed by atoms with Crippen LogP contribution in [0.2, 0.25) is 0 Å². The maximum atomic E-state index is 12.1. The molecule has 0 aliphatic rings. The first kappa shape index (κ1) is 40.9. The van der Waals surface area contributed by atoms with Crippen LogP contribution < -0.4 is 4.74 Å². The third-order valence-corrected chi connectivity index (χ3v) is 6.39. The van der Waals surface area contributed by atoms with Crippen molar-refractivity contribution in [3.05, 3.63) is 42.2 Å². The Bertz CT molecular complexity index is 804. The predicted molar refractivity (Wildman–Crippen MR) is 172 cm³/mol. The van der Waals surface area contributed by atoms with Crippen molar-refractivity contribution in [3.63, 3.8) is 0 Å². The van der Waals surface area contributed by atoms with E-state index in [0.29, 0.717) is 91.6 Å². The SMILES string of the molecule is C=C(Oc1ccc(CCCCCCCCC)cc1)C(=O)OCCOCCOCCOCCOCCOCCOCCOCCO. The molecule has 0 bridgehead atoms. The Morgan fingerprint density at radius 1 is 0.578 bits per heavy atom. The number of carbonyl (C=O) groups is 1. The van der Waals surface area contributed by atoms with E-state index in [1.165, 1.54) is 50.5 Å². The zero-order valence-corrected chi connectivity index (χ0v) is 27.5. The lowest BCUT2D eigenvalue weighted by atomic mass is 10.0. The summed E-state index contributed by atoms with van der Waals surface area (Å²) >= 11 is 0. The van der Waals surface area contributed by atoms with Crippen molar-refractivity contribution in [3.8, 4) is 5.75 Å². The first-order valence-corrected chi connectivity index (χ1v) is 16.4. The molecule has 1 aromatic rings. The second-order valence-electron chi connectivity index (χ2n) is 10.2. The quantitative estimate of drug-likeness (QED) is 0.0494. The van der Waals surface area contributed by atoms with Gasteiger partial charge in [-0.3, -0.25) is 0 Å². The number of esters is 1. The molecule has 260 valence electrons. The lowest BCUT2D eigenvalue weighted by Crippen LogP contribution is -2.17. The fraction of sp³-hybridized carbons (Fsp3) is 0.735. The van der Waals surface area contributed by atoms with Gasteiger partial charge in [0.25, 0.3) is 0 Å². The molecule has 0 amide bonds. The zero-order chi connectivity index (χ0) is 32.5. The number of hydrogen-bond donors (Lipinski definition) is 1. The second kappa shape index (κ2) is 31.9. The standard InChI is InChI=1S/C34H58O11/c1-3-4-5-6-7-8-9-10-32-11-13-33(14-12-32)45-31(2)34(36)44-30-29-43-28-27-42-26-25-41-24-23-40-22-21-39-20-19-38-18-17-37-16-15-35/h11-14,35H,2-10,15-30H2,1H3. The fourth-order valence-corrected chi connectivity index (χ4v) is 3.95. The van der Waals surface area contributed by atoms with Crippen LogP contribution in [0.15, 0.2) is 36.6 Å². The summed E-state index contributed by atoms with van der Waals surface area (Å²) in [5.41, 5.74) is 1.26. The van der Waals surface area contributed by atoms with Gasteiger partial charge in [-0.15, -0.1) is 0 Å². The number of rotatable bonds is 34. The van der Waals surface area contributed by atoms with Crippen LogP contribution in [-0.4, -0.2) is 117 Å². The highest BCUT2D eigenvalue weighted by Gasteiger charge is 2.11. The Kier molecular flexibility index (Phi) is 29.0. The zero-order valence-electron chi connectivity index (χ0n) is 27.5. The van der Waals surface area contributed by atoms with E-state index in [9.17, 15) is 4.79 Å². The molecule has 0 aromatic heterocycles. The highest BCUT2D eigenvalue weighted by Crippen LogP contribution is 2.17. The molecule has 45 heavy (non-hydrogen) atoms. The molecule has 0 fully saturated rings. The molecule has 0 radical (unpaired) electrons. The molecule has 1 rings (SSSR count). The van der Waals surface area contributed by atoms with Crippen molar-refractivity contribution in [1.82, 2.24) is 0 Å². The van der Waals surface area contributed by atoms with Crippen molar-refractivity contribution in [2.75, 3.05) is 106 Å². The van der Waals surface area contributed by atoms with Crippen LogP contribution in [0.25, 0.3) is 0 Å². The molecule has 0 atom stereocenters. The third kappa shape index (κ3) is 26.8. The normalized spacial score (nSPS) is 11.2. The summed E-state index contributed by atoms with van der Waals surface area (Å²) in [7, 11) is 0. The van der Waals surface area contributed by atoms with E-state index in [4.69, 9.17) is 47.7 Å². The van der Waals surface area contributed by atoms with Crippen molar-refractivity contribution in [2.24, 2.45) is 0 Å². The van der Waals surface area contributed by atoms with Gasteiger partial charge in [0.2, 0.25) is 5.76 Å². The summed E-state index contributed by atoms with van der Waals surface area (Å²) in [4.78, 5) is 12.1. The minimum Gasteiger partial charge on any atom is -0.457 e. The van der Waals surface area contributed by atoms with Crippen molar-refractivity contribution in [2.45, 2.75) is 58.3 Å². The van der Waals surface area contributed by atoms with Crippen LogP contribution >= 0.6 is 0 Å². The molecule has 0 unspecified atom stereocenters. The van der Waals surface area contributed by atoms with Crippen molar-refractivity contribution in [1.29, 1.82) is 0 Å². The molecule has 0 heterocycles. The summed E-state index contributed by atoms with van der Waals surface area (Å²) < 4.78 is 48.3. The second-order valence-corrected chi connectivity index (χ2v) is 10.2. The third-order valence-electron chi connectivity index (χ3n) is 6.39. The maximum absolute atomic E-state index is 12.1. The predicted octanol–water partition coefficient (Wildman–Crippen LogP) is 4.52. The van der Waals surface area contributed by atoms with E-state index in [-0.39, 0.29) is 25.6 Å². The van der Waals surface area contributed by atoms with Crippen LogP contribution in [0.1, 0.15) is 57.4 Å².